The number of anilines is 1. The highest BCUT2D eigenvalue weighted by molar-refractivity contribution is 5.98. The Morgan fingerprint density at radius 2 is 1.89 bits per heavy atom. The number of carboxylic acid groups (broad SMARTS) is 1. The molecule has 6 nitrogen and oxygen atoms in total. The lowest BCUT2D eigenvalue weighted by Gasteiger charge is -2.22. The van der Waals surface area contributed by atoms with Crippen LogP contribution in [0.25, 0.3) is 10.9 Å². The number of amides is 1. The van der Waals surface area contributed by atoms with E-state index in [0.29, 0.717) is 17.6 Å². The Kier molecular flexibility index (Phi) is 5.28. The number of carbonyl (C=O) groups is 2. The predicted octanol–water partition coefficient (Wildman–Crippen LogP) is 3.19. The summed E-state index contributed by atoms with van der Waals surface area (Å²) in [5, 5.41) is 19.7. The minimum Gasteiger partial charge on any atom is -0.477 e. The van der Waals surface area contributed by atoms with Crippen LogP contribution in [-0.4, -0.2) is 33.2 Å². The van der Waals surface area contributed by atoms with E-state index in [0.717, 1.165) is 16.6 Å². The van der Waals surface area contributed by atoms with Crippen LogP contribution in [0.15, 0.2) is 48.5 Å². The smallest absolute Gasteiger partial charge is 0.352 e. The molecule has 6 heteroatoms. The van der Waals surface area contributed by atoms with Gasteiger partial charge in [-0.05, 0) is 49.2 Å². The number of hydrogen-bond donors (Lipinski definition) is 2. The van der Waals surface area contributed by atoms with E-state index >= 15 is 0 Å². The second-order valence-electron chi connectivity index (χ2n) is 6.45. The molecule has 3 aromatic rings. The second-order valence-corrected chi connectivity index (χ2v) is 6.45. The first kappa shape index (κ1) is 18.7. The van der Waals surface area contributed by atoms with E-state index in [2.05, 4.69) is 0 Å². The quantitative estimate of drug-likeness (QED) is 0.702. The Morgan fingerprint density at radius 3 is 2.52 bits per heavy atom. The van der Waals surface area contributed by atoms with Gasteiger partial charge in [0.25, 0.3) is 0 Å². The number of aromatic nitrogens is 1. The van der Waals surface area contributed by atoms with Crippen LogP contribution in [0.1, 0.15) is 28.5 Å². The normalized spacial score (nSPS) is 10.9. The van der Waals surface area contributed by atoms with Gasteiger partial charge in [0.2, 0.25) is 5.91 Å². The van der Waals surface area contributed by atoms with Crippen molar-refractivity contribution in [2.75, 3.05) is 11.4 Å². The van der Waals surface area contributed by atoms with E-state index in [4.69, 9.17) is 0 Å². The maximum atomic E-state index is 13.0. The van der Waals surface area contributed by atoms with E-state index in [1.54, 1.807) is 29.2 Å². The number of aryl methyl sites for hydroxylation is 1. The molecule has 2 aromatic carbocycles. The minimum atomic E-state index is -1.09. The lowest BCUT2D eigenvalue weighted by Crippen LogP contribution is -2.34. The third-order valence-corrected chi connectivity index (χ3v) is 4.59. The summed E-state index contributed by atoms with van der Waals surface area (Å²) < 4.78 is 1.50. The molecule has 0 saturated carbocycles. The van der Waals surface area contributed by atoms with Crippen LogP contribution in [0.3, 0.4) is 0 Å². The summed E-state index contributed by atoms with van der Waals surface area (Å²) in [4.78, 5) is 26.3. The number of aromatic carboxylic acids is 1. The van der Waals surface area contributed by atoms with Gasteiger partial charge in [0, 0.05) is 23.1 Å². The van der Waals surface area contributed by atoms with E-state index in [1.807, 2.05) is 38.1 Å². The van der Waals surface area contributed by atoms with Crippen molar-refractivity contribution in [3.8, 4) is 0 Å². The monoisotopic (exact) mass is 366 g/mol. The average molecular weight is 366 g/mol. The third kappa shape index (κ3) is 3.71. The van der Waals surface area contributed by atoms with Crippen molar-refractivity contribution < 1.29 is 19.8 Å². The number of carboxylic acids is 1. The van der Waals surface area contributed by atoms with Crippen LogP contribution in [0.2, 0.25) is 0 Å². The largest absolute Gasteiger partial charge is 0.477 e. The first-order valence-corrected chi connectivity index (χ1v) is 8.78. The number of rotatable bonds is 6. The highest BCUT2D eigenvalue weighted by atomic mass is 16.4. The molecule has 3 rings (SSSR count). The van der Waals surface area contributed by atoms with E-state index in [-0.39, 0.29) is 24.8 Å². The Labute approximate surface area is 157 Å². The predicted molar refractivity (Wildman–Crippen MR) is 104 cm³/mol. The van der Waals surface area contributed by atoms with Gasteiger partial charge in [0.1, 0.15) is 12.2 Å². The molecule has 0 saturated heterocycles. The molecule has 0 bridgehead atoms. The molecule has 0 aliphatic carbocycles. The molecule has 1 heterocycles. The van der Waals surface area contributed by atoms with Crippen molar-refractivity contribution in [1.29, 1.82) is 0 Å². The van der Waals surface area contributed by atoms with Gasteiger partial charge in [0.15, 0.2) is 0 Å². The molecule has 0 atom stereocenters. The lowest BCUT2D eigenvalue weighted by atomic mass is 10.2. The Hall–Kier alpha value is -3.12. The van der Waals surface area contributed by atoms with Crippen molar-refractivity contribution in [2.45, 2.75) is 27.0 Å². The van der Waals surface area contributed by atoms with E-state index in [9.17, 15) is 19.8 Å². The van der Waals surface area contributed by atoms with Crippen LogP contribution < -0.4 is 4.90 Å². The highest BCUT2D eigenvalue weighted by Gasteiger charge is 2.20. The van der Waals surface area contributed by atoms with Gasteiger partial charge in [-0.2, -0.15) is 0 Å². The SMILES string of the molecule is CCN(C(=O)Cn1c(C(=O)O)cc2ccc(CO)cc21)c1cccc(C)c1. The van der Waals surface area contributed by atoms with Crippen LogP contribution in [0.4, 0.5) is 5.69 Å². The first-order valence-electron chi connectivity index (χ1n) is 8.78. The van der Waals surface area contributed by atoms with Gasteiger partial charge in [-0.3, -0.25) is 4.79 Å². The van der Waals surface area contributed by atoms with Gasteiger partial charge in [0.05, 0.1) is 6.61 Å². The fraction of sp³-hybridized carbons (Fsp3) is 0.238. The van der Waals surface area contributed by atoms with Gasteiger partial charge < -0.3 is 19.7 Å². The molecular formula is C21H22N2O4. The molecule has 0 aliphatic rings. The summed E-state index contributed by atoms with van der Waals surface area (Å²) in [5.74, 6) is -1.29. The van der Waals surface area contributed by atoms with Crippen molar-refractivity contribution in [3.63, 3.8) is 0 Å². The van der Waals surface area contributed by atoms with Crippen molar-refractivity contribution in [1.82, 2.24) is 4.57 Å². The third-order valence-electron chi connectivity index (χ3n) is 4.59. The first-order chi connectivity index (χ1) is 12.9. The molecule has 1 amide bonds. The lowest BCUT2D eigenvalue weighted by molar-refractivity contribution is -0.119. The van der Waals surface area contributed by atoms with Crippen LogP contribution in [0, 0.1) is 6.92 Å². The molecule has 2 N–H and O–H groups in total. The summed E-state index contributed by atoms with van der Waals surface area (Å²) in [6.45, 7) is 4.08. The zero-order valence-electron chi connectivity index (χ0n) is 15.3. The summed E-state index contributed by atoms with van der Waals surface area (Å²) >= 11 is 0. The van der Waals surface area contributed by atoms with Gasteiger partial charge in [-0.1, -0.05) is 24.3 Å². The molecule has 0 radical (unpaired) electrons. The van der Waals surface area contributed by atoms with Crippen molar-refractivity contribution >= 4 is 28.5 Å². The Bertz CT molecular complexity index is 1010. The molecular weight excluding hydrogens is 344 g/mol. The Morgan fingerprint density at radius 1 is 1.11 bits per heavy atom. The molecule has 140 valence electrons. The maximum absolute atomic E-state index is 13.0. The number of benzene rings is 2. The zero-order valence-corrected chi connectivity index (χ0v) is 15.3. The van der Waals surface area contributed by atoms with Crippen molar-refractivity contribution in [2.24, 2.45) is 0 Å². The number of hydrogen-bond acceptors (Lipinski definition) is 3. The molecule has 0 aliphatic heterocycles. The summed E-state index contributed by atoms with van der Waals surface area (Å²) in [7, 11) is 0. The topological polar surface area (TPSA) is 82.8 Å². The summed E-state index contributed by atoms with van der Waals surface area (Å²) in [6.07, 6.45) is 0. The summed E-state index contributed by atoms with van der Waals surface area (Å²) in [6, 6.07) is 14.4. The number of nitrogens with zero attached hydrogens (tertiary/aromatic N) is 2. The second kappa shape index (κ2) is 7.63. The standard InChI is InChI=1S/C21H22N2O4/c1-3-22(17-6-4-5-14(2)9-17)20(25)12-23-18-10-15(13-24)7-8-16(18)11-19(23)21(26)27/h4-11,24H,3,12-13H2,1-2H3,(H,26,27). The number of fused-ring (bicyclic) bond motifs is 1. The van der Waals surface area contributed by atoms with E-state index < -0.39 is 5.97 Å². The van der Waals surface area contributed by atoms with Crippen LogP contribution in [-0.2, 0) is 17.9 Å². The molecule has 0 unspecified atom stereocenters. The van der Waals surface area contributed by atoms with Gasteiger partial charge in [-0.25, -0.2) is 4.79 Å². The average Bonchev–Trinajstić information content (AvgIpc) is 3.00. The van der Waals surface area contributed by atoms with Crippen LogP contribution in [0.5, 0.6) is 0 Å². The summed E-state index contributed by atoms with van der Waals surface area (Å²) in [5.41, 5.74) is 3.16. The molecule has 0 fully saturated rings. The fourth-order valence-electron chi connectivity index (χ4n) is 3.27. The van der Waals surface area contributed by atoms with Crippen molar-refractivity contribution in [3.05, 3.63) is 65.4 Å². The van der Waals surface area contributed by atoms with E-state index in [1.165, 1.54) is 4.57 Å². The zero-order chi connectivity index (χ0) is 19.6. The fourth-order valence-corrected chi connectivity index (χ4v) is 3.27. The maximum Gasteiger partial charge on any atom is 0.352 e. The number of likely N-dealkylation sites (N-methyl/N-ethyl adjacent to an activating group) is 1. The van der Waals surface area contributed by atoms with Crippen LogP contribution >= 0.6 is 0 Å². The van der Waals surface area contributed by atoms with Gasteiger partial charge >= 0.3 is 5.97 Å². The Balaban J connectivity index is 2.02. The minimum absolute atomic E-state index is 0.0498. The number of carbonyl (C=O) groups excluding carboxylic acids is 1. The number of aliphatic hydroxyl groups is 1. The molecule has 1 aromatic heterocycles. The highest BCUT2D eigenvalue weighted by Crippen LogP contribution is 2.23. The van der Waals surface area contributed by atoms with Gasteiger partial charge in [-0.15, -0.1) is 0 Å². The number of aliphatic hydroxyl groups excluding tert-OH is 1. The molecule has 27 heavy (non-hydrogen) atoms. The molecule has 0 spiro atoms.